The van der Waals surface area contributed by atoms with Crippen LogP contribution in [0.1, 0.15) is 25.7 Å². The molecule has 1 saturated carbocycles. The zero-order chi connectivity index (χ0) is 7.73. The van der Waals surface area contributed by atoms with E-state index in [4.69, 9.17) is 0 Å². The molecular formula is C9H17NO. The van der Waals surface area contributed by atoms with Gasteiger partial charge in [0.05, 0.1) is 6.61 Å². The van der Waals surface area contributed by atoms with Crippen LogP contribution >= 0.6 is 0 Å². The third-order valence-electron chi connectivity index (χ3n) is 3.55. The van der Waals surface area contributed by atoms with E-state index in [1.165, 1.54) is 25.7 Å². The number of hydrogen-bond acceptors (Lipinski definition) is 2. The van der Waals surface area contributed by atoms with Crippen LogP contribution in [0.2, 0.25) is 0 Å². The van der Waals surface area contributed by atoms with Crippen molar-refractivity contribution in [3.63, 3.8) is 0 Å². The zero-order valence-electron chi connectivity index (χ0n) is 6.97. The highest BCUT2D eigenvalue weighted by Crippen LogP contribution is 2.45. The van der Waals surface area contributed by atoms with Crippen molar-refractivity contribution in [2.45, 2.75) is 25.7 Å². The average molecular weight is 155 g/mol. The standard InChI is InChI=1S/C9H17NO/c11-7-9-4-1-2-8(9)3-5-10-6-9/h8,10-11H,1-7H2. The Bertz CT molecular complexity index is 148. The van der Waals surface area contributed by atoms with E-state index >= 15 is 0 Å². The molecule has 2 heteroatoms. The maximum atomic E-state index is 9.31. The van der Waals surface area contributed by atoms with Crippen molar-refractivity contribution in [3.8, 4) is 0 Å². The van der Waals surface area contributed by atoms with Gasteiger partial charge in [0.25, 0.3) is 0 Å². The van der Waals surface area contributed by atoms with E-state index < -0.39 is 0 Å². The molecule has 0 aromatic carbocycles. The lowest BCUT2D eigenvalue weighted by Crippen LogP contribution is -2.46. The van der Waals surface area contributed by atoms with Crippen LogP contribution in [0.4, 0.5) is 0 Å². The van der Waals surface area contributed by atoms with Gasteiger partial charge in [-0.15, -0.1) is 0 Å². The number of aliphatic hydroxyl groups excluding tert-OH is 1. The van der Waals surface area contributed by atoms with Crippen molar-refractivity contribution in [2.24, 2.45) is 11.3 Å². The molecule has 64 valence electrons. The molecule has 2 nitrogen and oxygen atoms in total. The molecule has 0 amide bonds. The van der Waals surface area contributed by atoms with Crippen molar-refractivity contribution in [1.82, 2.24) is 5.32 Å². The summed E-state index contributed by atoms with van der Waals surface area (Å²) in [4.78, 5) is 0. The summed E-state index contributed by atoms with van der Waals surface area (Å²) in [6, 6.07) is 0. The smallest absolute Gasteiger partial charge is 0.0502 e. The predicted octanol–water partition coefficient (Wildman–Crippen LogP) is 0.758. The van der Waals surface area contributed by atoms with Crippen LogP contribution in [-0.2, 0) is 0 Å². The van der Waals surface area contributed by atoms with Gasteiger partial charge in [-0.2, -0.15) is 0 Å². The monoisotopic (exact) mass is 155 g/mol. The third kappa shape index (κ3) is 1.09. The number of aliphatic hydroxyl groups is 1. The maximum absolute atomic E-state index is 9.31. The van der Waals surface area contributed by atoms with Crippen LogP contribution in [0, 0.1) is 11.3 Å². The number of nitrogens with one attached hydrogen (secondary N) is 1. The second kappa shape index (κ2) is 2.76. The van der Waals surface area contributed by atoms with Crippen LogP contribution in [-0.4, -0.2) is 24.8 Å². The summed E-state index contributed by atoms with van der Waals surface area (Å²) in [7, 11) is 0. The Kier molecular flexibility index (Phi) is 1.90. The van der Waals surface area contributed by atoms with Gasteiger partial charge in [0.2, 0.25) is 0 Å². The lowest BCUT2D eigenvalue weighted by Gasteiger charge is -2.38. The molecule has 1 heterocycles. The Morgan fingerprint density at radius 2 is 2.36 bits per heavy atom. The molecule has 2 atom stereocenters. The quantitative estimate of drug-likeness (QED) is 0.586. The first-order valence-electron chi connectivity index (χ1n) is 4.69. The van der Waals surface area contributed by atoms with E-state index in [9.17, 15) is 5.11 Å². The Labute approximate surface area is 68.0 Å². The summed E-state index contributed by atoms with van der Waals surface area (Å²) in [5.74, 6) is 0.814. The van der Waals surface area contributed by atoms with Crippen molar-refractivity contribution in [2.75, 3.05) is 19.7 Å². The van der Waals surface area contributed by atoms with E-state index in [0.29, 0.717) is 6.61 Å². The summed E-state index contributed by atoms with van der Waals surface area (Å²) in [6.45, 7) is 2.60. The molecule has 11 heavy (non-hydrogen) atoms. The van der Waals surface area contributed by atoms with Crippen LogP contribution in [0.25, 0.3) is 0 Å². The van der Waals surface area contributed by atoms with Gasteiger partial charge in [-0.3, -0.25) is 0 Å². The van der Waals surface area contributed by atoms with Crippen LogP contribution < -0.4 is 5.32 Å². The topological polar surface area (TPSA) is 32.3 Å². The van der Waals surface area contributed by atoms with Gasteiger partial charge in [0.15, 0.2) is 0 Å². The Balaban J connectivity index is 2.12. The molecule has 2 N–H and O–H groups in total. The molecule has 1 aliphatic heterocycles. The number of piperidine rings is 1. The minimum atomic E-state index is 0.276. The number of rotatable bonds is 1. The minimum absolute atomic E-state index is 0.276. The highest BCUT2D eigenvalue weighted by Gasteiger charge is 2.43. The zero-order valence-corrected chi connectivity index (χ0v) is 6.97. The first kappa shape index (κ1) is 7.56. The van der Waals surface area contributed by atoms with Gasteiger partial charge < -0.3 is 10.4 Å². The van der Waals surface area contributed by atoms with Gasteiger partial charge >= 0.3 is 0 Å². The number of fused-ring (bicyclic) bond motifs is 1. The van der Waals surface area contributed by atoms with Crippen molar-refractivity contribution < 1.29 is 5.11 Å². The highest BCUT2D eigenvalue weighted by atomic mass is 16.3. The van der Waals surface area contributed by atoms with Gasteiger partial charge in [0, 0.05) is 12.0 Å². The fourth-order valence-corrected chi connectivity index (χ4v) is 2.77. The molecule has 1 saturated heterocycles. The third-order valence-corrected chi connectivity index (χ3v) is 3.55. The lowest BCUT2D eigenvalue weighted by atomic mass is 9.75. The van der Waals surface area contributed by atoms with Crippen LogP contribution in [0.3, 0.4) is 0 Å². The van der Waals surface area contributed by atoms with Crippen LogP contribution in [0.15, 0.2) is 0 Å². The van der Waals surface area contributed by atoms with Crippen molar-refractivity contribution in [3.05, 3.63) is 0 Å². The van der Waals surface area contributed by atoms with Crippen molar-refractivity contribution >= 4 is 0 Å². The van der Waals surface area contributed by atoms with Crippen molar-refractivity contribution in [1.29, 1.82) is 0 Å². The fourth-order valence-electron chi connectivity index (χ4n) is 2.77. The largest absolute Gasteiger partial charge is 0.396 e. The van der Waals surface area contributed by atoms with E-state index in [1.807, 2.05) is 0 Å². The summed E-state index contributed by atoms with van der Waals surface area (Å²) in [5, 5.41) is 12.7. The van der Waals surface area contributed by atoms with E-state index in [-0.39, 0.29) is 5.41 Å². The Hall–Kier alpha value is -0.0800. The fraction of sp³-hybridized carbons (Fsp3) is 1.00. The normalized spacial score (nSPS) is 43.9. The molecule has 2 rings (SSSR count). The average Bonchev–Trinajstić information content (AvgIpc) is 2.48. The maximum Gasteiger partial charge on any atom is 0.0502 e. The molecule has 2 fully saturated rings. The second-order valence-electron chi connectivity index (χ2n) is 4.08. The molecule has 2 aliphatic rings. The highest BCUT2D eigenvalue weighted by molar-refractivity contribution is 4.95. The van der Waals surface area contributed by atoms with E-state index in [0.717, 1.165) is 19.0 Å². The molecule has 0 spiro atoms. The van der Waals surface area contributed by atoms with Gasteiger partial charge in [0.1, 0.15) is 0 Å². The molecule has 0 aromatic rings. The lowest BCUT2D eigenvalue weighted by molar-refractivity contribution is 0.0603. The first-order valence-corrected chi connectivity index (χ1v) is 4.69. The SMILES string of the molecule is OCC12CCCC1CCNC2. The minimum Gasteiger partial charge on any atom is -0.396 e. The summed E-state index contributed by atoms with van der Waals surface area (Å²) in [6.07, 6.45) is 5.19. The summed E-state index contributed by atoms with van der Waals surface area (Å²) in [5.41, 5.74) is 0.276. The predicted molar refractivity (Wildman–Crippen MR) is 44.3 cm³/mol. The molecule has 0 bridgehead atoms. The Morgan fingerprint density at radius 3 is 3.09 bits per heavy atom. The summed E-state index contributed by atoms with van der Waals surface area (Å²) < 4.78 is 0. The van der Waals surface area contributed by atoms with E-state index in [2.05, 4.69) is 5.32 Å². The molecule has 1 aliphatic carbocycles. The van der Waals surface area contributed by atoms with Gasteiger partial charge in [-0.05, 0) is 31.7 Å². The van der Waals surface area contributed by atoms with Gasteiger partial charge in [-0.25, -0.2) is 0 Å². The summed E-state index contributed by atoms with van der Waals surface area (Å²) >= 11 is 0. The molecule has 0 radical (unpaired) electrons. The molecule has 0 aromatic heterocycles. The second-order valence-corrected chi connectivity index (χ2v) is 4.08. The molecule has 2 unspecified atom stereocenters. The first-order chi connectivity index (χ1) is 5.37. The van der Waals surface area contributed by atoms with Gasteiger partial charge in [-0.1, -0.05) is 6.42 Å². The number of hydrogen-bond donors (Lipinski definition) is 2. The van der Waals surface area contributed by atoms with Crippen LogP contribution in [0.5, 0.6) is 0 Å². The Morgan fingerprint density at radius 1 is 1.45 bits per heavy atom. The molecular weight excluding hydrogens is 138 g/mol. The van der Waals surface area contributed by atoms with E-state index in [1.54, 1.807) is 0 Å².